The van der Waals surface area contributed by atoms with Crippen LogP contribution in [0.3, 0.4) is 0 Å². The number of nitrogens with zero attached hydrogens (tertiary/aromatic N) is 3. The Morgan fingerprint density at radius 2 is 2.05 bits per heavy atom. The number of ether oxygens (including phenoxy) is 2. The van der Waals surface area contributed by atoms with Crippen molar-refractivity contribution in [3.63, 3.8) is 0 Å². The number of aliphatic hydroxyl groups excluding tert-OH is 1. The highest BCUT2D eigenvalue weighted by Gasteiger charge is 2.49. The minimum atomic E-state index is -0.836. The Kier molecular flexibility index (Phi) is 4.19. The number of aliphatic hydroxyl groups is 1. The van der Waals surface area contributed by atoms with Crippen LogP contribution in [-0.2, 0) is 15.2 Å². The van der Waals surface area contributed by atoms with Gasteiger partial charge >= 0.3 is 0 Å². The second-order valence-corrected chi connectivity index (χ2v) is 5.45. The van der Waals surface area contributed by atoms with Gasteiger partial charge in [0, 0.05) is 13.0 Å². The van der Waals surface area contributed by atoms with Gasteiger partial charge in [-0.05, 0) is 18.6 Å². The average Bonchev–Trinajstić information content (AvgIpc) is 2.89. The lowest BCUT2D eigenvalue weighted by Crippen LogP contribution is -2.57. The predicted octanol–water partition coefficient (Wildman–Crippen LogP) is 1.68. The molecule has 1 aromatic carbocycles. The third-order valence-corrected chi connectivity index (χ3v) is 3.78. The standard InChI is InChI=1S/C15H21N3O3/c1-2-3-8-20-10-12-9-15(11-19,21-12)18-16-13-6-4-5-7-14(13)17-18/h4-7,12,19H,2-3,8-11H2,1H3/t12?,15-/m1/s1. The number of rotatable bonds is 7. The SMILES string of the molecule is CCCCOCC1C[C@@](CO)(n2nc3ccccc3n2)O1. The highest BCUT2D eigenvalue weighted by Crippen LogP contribution is 2.36. The van der Waals surface area contributed by atoms with Crippen LogP contribution in [0.25, 0.3) is 11.0 Å². The molecule has 1 aliphatic rings. The smallest absolute Gasteiger partial charge is 0.205 e. The molecule has 1 unspecified atom stereocenters. The average molecular weight is 291 g/mol. The van der Waals surface area contributed by atoms with Crippen LogP contribution in [0.4, 0.5) is 0 Å². The van der Waals surface area contributed by atoms with E-state index in [-0.39, 0.29) is 12.7 Å². The van der Waals surface area contributed by atoms with Crippen LogP contribution in [-0.4, -0.2) is 46.0 Å². The monoisotopic (exact) mass is 291 g/mol. The largest absolute Gasteiger partial charge is 0.391 e. The van der Waals surface area contributed by atoms with Crippen LogP contribution in [0.2, 0.25) is 0 Å². The summed E-state index contributed by atoms with van der Waals surface area (Å²) in [6.45, 7) is 3.31. The first-order chi connectivity index (χ1) is 10.3. The maximum atomic E-state index is 9.68. The molecule has 6 heteroatoms. The summed E-state index contributed by atoms with van der Waals surface area (Å²) in [5.41, 5.74) is 0.769. The summed E-state index contributed by atoms with van der Waals surface area (Å²) in [6, 6.07) is 7.62. The van der Waals surface area contributed by atoms with Crippen molar-refractivity contribution in [1.82, 2.24) is 15.0 Å². The van der Waals surface area contributed by atoms with E-state index in [1.807, 2.05) is 24.3 Å². The van der Waals surface area contributed by atoms with Gasteiger partial charge in [0.25, 0.3) is 0 Å². The Hall–Kier alpha value is -1.50. The number of benzene rings is 1. The molecule has 21 heavy (non-hydrogen) atoms. The summed E-state index contributed by atoms with van der Waals surface area (Å²) < 4.78 is 11.4. The molecule has 1 aromatic heterocycles. The van der Waals surface area contributed by atoms with Crippen molar-refractivity contribution in [3.8, 4) is 0 Å². The van der Waals surface area contributed by atoms with Gasteiger partial charge in [-0.3, -0.25) is 0 Å². The van der Waals surface area contributed by atoms with Crippen molar-refractivity contribution >= 4 is 11.0 Å². The number of hydrogen-bond acceptors (Lipinski definition) is 5. The van der Waals surface area contributed by atoms with Crippen LogP contribution < -0.4 is 0 Å². The highest BCUT2D eigenvalue weighted by molar-refractivity contribution is 5.73. The third kappa shape index (κ3) is 2.79. The van der Waals surface area contributed by atoms with Crippen LogP contribution in [0, 0.1) is 0 Å². The fraction of sp³-hybridized carbons (Fsp3) is 0.600. The maximum Gasteiger partial charge on any atom is 0.205 e. The summed E-state index contributed by atoms with van der Waals surface area (Å²) in [5.74, 6) is 0. The summed E-state index contributed by atoms with van der Waals surface area (Å²) in [6.07, 6.45) is 2.85. The normalized spacial score (nSPS) is 25.1. The molecule has 1 N–H and O–H groups in total. The van der Waals surface area contributed by atoms with E-state index in [0.29, 0.717) is 13.0 Å². The van der Waals surface area contributed by atoms with Gasteiger partial charge in [-0.2, -0.15) is 10.2 Å². The molecule has 1 saturated heterocycles. The van der Waals surface area contributed by atoms with E-state index in [1.165, 1.54) is 4.80 Å². The van der Waals surface area contributed by atoms with Crippen molar-refractivity contribution in [2.75, 3.05) is 19.8 Å². The maximum absolute atomic E-state index is 9.68. The lowest BCUT2D eigenvalue weighted by Gasteiger charge is -2.45. The molecule has 0 bridgehead atoms. The van der Waals surface area contributed by atoms with Crippen molar-refractivity contribution in [2.45, 2.75) is 38.0 Å². The zero-order chi connectivity index (χ0) is 14.7. The van der Waals surface area contributed by atoms with E-state index in [0.717, 1.165) is 30.5 Å². The zero-order valence-electron chi connectivity index (χ0n) is 12.2. The predicted molar refractivity (Wildman–Crippen MR) is 77.8 cm³/mol. The highest BCUT2D eigenvalue weighted by atomic mass is 16.6. The molecule has 0 radical (unpaired) electrons. The summed E-state index contributed by atoms with van der Waals surface area (Å²) in [7, 11) is 0. The van der Waals surface area contributed by atoms with Gasteiger partial charge in [0.15, 0.2) is 0 Å². The Bertz CT molecular complexity index is 560. The van der Waals surface area contributed by atoms with Gasteiger partial charge in [0.2, 0.25) is 5.72 Å². The number of fused-ring (bicyclic) bond motifs is 1. The number of aromatic nitrogens is 3. The van der Waals surface area contributed by atoms with Crippen LogP contribution in [0.15, 0.2) is 24.3 Å². The van der Waals surface area contributed by atoms with E-state index in [2.05, 4.69) is 17.1 Å². The van der Waals surface area contributed by atoms with E-state index in [1.54, 1.807) is 0 Å². The van der Waals surface area contributed by atoms with Crippen molar-refractivity contribution in [1.29, 1.82) is 0 Å². The molecule has 114 valence electrons. The van der Waals surface area contributed by atoms with Crippen molar-refractivity contribution < 1.29 is 14.6 Å². The molecule has 1 aliphatic heterocycles. The van der Waals surface area contributed by atoms with Gasteiger partial charge < -0.3 is 14.6 Å². The summed E-state index contributed by atoms with van der Waals surface area (Å²) >= 11 is 0. The second-order valence-electron chi connectivity index (χ2n) is 5.45. The minimum absolute atomic E-state index is 0.00289. The third-order valence-electron chi connectivity index (χ3n) is 3.78. The van der Waals surface area contributed by atoms with E-state index in [4.69, 9.17) is 9.47 Å². The lowest BCUT2D eigenvalue weighted by molar-refractivity contribution is -0.293. The molecular formula is C15H21N3O3. The van der Waals surface area contributed by atoms with E-state index >= 15 is 0 Å². The molecule has 0 saturated carbocycles. The molecule has 6 nitrogen and oxygen atoms in total. The zero-order valence-corrected chi connectivity index (χ0v) is 12.2. The van der Waals surface area contributed by atoms with Crippen molar-refractivity contribution in [3.05, 3.63) is 24.3 Å². The number of unbranched alkanes of at least 4 members (excludes halogenated alkanes) is 1. The quantitative estimate of drug-likeness (QED) is 0.786. The number of hydrogen-bond donors (Lipinski definition) is 1. The molecule has 0 spiro atoms. The first-order valence-corrected chi connectivity index (χ1v) is 7.46. The van der Waals surface area contributed by atoms with Gasteiger partial charge in [0.1, 0.15) is 11.0 Å². The Labute approximate surface area is 123 Å². The summed E-state index contributed by atoms with van der Waals surface area (Å²) in [4.78, 5) is 1.50. The topological polar surface area (TPSA) is 69.4 Å². The molecule has 2 atom stereocenters. The molecule has 3 rings (SSSR count). The molecule has 0 aliphatic carbocycles. The molecule has 1 fully saturated rings. The van der Waals surface area contributed by atoms with Crippen LogP contribution in [0.1, 0.15) is 26.2 Å². The van der Waals surface area contributed by atoms with Gasteiger partial charge in [0.05, 0.1) is 19.3 Å². The lowest BCUT2D eigenvalue weighted by atomic mass is 9.99. The molecular weight excluding hydrogens is 270 g/mol. The molecule has 2 aromatic rings. The fourth-order valence-electron chi connectivity index (χ4n) is 2.55. The first-order valence-electron chi connectivity index (χ1n) is 7.46. The Morgan fingerprint density at radius 1 is 1.38 bits per heavy atom. The van der Waals surface area contributed by atoms with Gasteiger partial charge in [-0.25, -0.2) is 0 Å². The van der Waals surface area contributed by atoms with Gasteiger partial charge in [-0.15, -0.1) is 4.80 Å². The Morgan fingerprint density at radius 3 is 2.62 bits per heavy atom. The van der Waals surface area contributed by atoms with Crippen molar-refractivity contribution in [2.24, 2.45) is 0 Å². The molecule has 0 amide bonds. The first kappa shape index (κ1) is 14.4. The van der Waals surface area contributed by atoms with E-state index in [9.17, 15) is 5.11 Å². The Balaban J connectivity index is 1.63. The van der Waals surface area contributed by atoms with Crippen LogP contribution in [0.5, 0.6) is 0 Å². The fourth-order valence-corrected chi connectivity index (χ4v) is 2.55. The van der Waals surface area contributed by atoms with Crippen LogP contribution >= 0.6 is 0 Å². The minimum Gasteiger partial charge on any atom is -0.391 e. The van der Waals surface area contributed by atoms with Gasteiger partial charge in [-0.1, -0.05) is 25.5 Å². The second kappa shape index (κ2) is 6.09. The van der Waals surface area contributed by atoms with E-state index < -0.39 is 5.72 Å². The molecule has 2 heterocycles. The summed E-state index contributed by atoms with van der Waals surface area (Å²) in [5, 5.41) is 18.5.